The van der Waals surface area contributed by atoms with E-state index in [1.807, 2.05) is 0 Å². The van der Waals surface area contributed by atoms with Crippen molar-refractivity contribution in [3.63, 3.8) is 0 Å². The van der Waals surface area contributed by atoms with E-state index in [-0.39, 0.29) is 5.92 Å². The first-order valence-electron chi connectivity index (χ1n) is 37.2. The van der Waals surface area contributed by atoms with Crippen molar-refractivity contribution in [2.75, 3.05) is 9.80 Å². The van der Waals surface area contributed by atoms with Crippen LogP contribution in [0.15, 0.2) is 400 Å². The van der Waals surface area contributed by atoms with Crippen molar-refractivity contribution in [1.82, 2.24) is 4.57 Å². The number of hydrogen-bond donors (Lipinski definition) is 0. The van der Waals surface area contributed by atoms with E-state index in [0.717, 1.165) is 50.8 Å². The highest BCUT2D eigenvalue weighted by molar-refractivity contribution is 6.13. The Balaban J connectivity index is 0.732. The molecule has 504 valence electrons. The molecule has 20 rings (SSSR count). The fourth-order valence-electron chi connectivity index (χ4n) is 17.4. The molecule has 0 saturated heterocycles. The van der Waals surface area contributed by atoms with Gasteiger partial charge in [-0.05, 0) is 231 Å². The molecule has 107 heavy (non-hydrogen) atoms. The first-order chi connectivity index (χ1) is 52.8. The predicted molar refractivity (Wildman–Crippen MR) is 451 cm³/mol. The fourth-order valence-corrected chi connectivity index (χ4v) is 17.4. The molecular formula is C104H73N3. The zero-order valence-electron chi connectivity index (χ0n) is 59.5. The minimum atomic E-state index is -0.441. The Morgan fingerprint density at radius 1 is 0.243 bits per heavy atom. The quantitative estimate of drug-likeness (QED) is 0.107. The standard InChI is InChI=1S/C104H73N3/c1-104(2)97-67-87(105(82-51-43-75(44-52-82)69-25-9-3-10-26-69)85-39-24-40-86(66-85)107-99-59-49-79(73-33-17-7-18-34-73)64-95(99)96-65-80(50-60-100(96)107)74-35-19-8-20-36-74)55-58-92(97)103-89-42-22-21-41-88(89)101(68-98(103)104)106(83-53-45-76(46-54-83)70-27-11-4-12-28-70)84-38-23-37-81(61-84)102-90-56-47-77(71-29-13-5-14-30-71)62-93(90)94-63-78(48-57-91(94)102)72-31-15-6-16-32-72/h3-68,102H,1-2H3. The minimum Gasteiger partial charge on any atom is -0.310 e. The van der Waals surface area contributed by atoms with Crippen LogP contribution in [0.1, 0.15) is 47.6 Å². The van der Waals surface area contributed by atoms with E-state index in [1.54, 1.807) is 0 Å². The molecule has 0 aliphatic heterocycles. The first-order valence-corrected chi connectivity index (χ1v) is 37.2. The van der Waals surface area contributed by atoms with Crippen LogP contribution in [0, 0.1) is 0 Å². The van der Waals surface area contributed by atoms with E-state index in [4.69, 9.17) is 0 Å². The van der Waals surface area contributed by atoms with Gasteiger partial charge in [0, 0.05) is 61.6 Å². The van der Waals surface area contributed by atoms with Crippen LogP contribution in [0.25, 0.3) is 127 Å². The third-order valence-corrected chi connectivity index (χ3v) is 22.6. The maximum Gasteiger partial charge on any atom is 0.0543 e. The summed E-state index contributed by atoms with van der Waals surface area (Å²) in [5, 5.41) is 4.83. The van der Waals surface area contributed by atoms with Crippen LogP contribution in [0.2, 0.25) is 0 Å². The zero-order valence-corrected chi connectivity index (χ0v) is 59.5. The molecule has 18 aromatic rings. The summed E-state index contributed by atoms with van der Waals surface area (Å²) in [6, 6.07) is 149. The van der Waals surface area contributed by atoms with Crippen LogP contribution in [0.3, 0.4) is 0 Å². The van der Waals surface area contributed by atoms with E-state index in [2.05, 4.69) is 429 Å². The third-order valence-electron chi connectivity index (χ3n) is 22.6. The van der Waals surface area contributed by atoms with Crippen LogP contribution in [0.5, 0.6) is 0 Å². The average Bonchev–Trinajstić information content (AvgIpc) is 1.56. The summed E-state index contributed by atoms with van der Waals surface area (Å²) in [7, 11) is 0. The number of aromatic nitrogens is 1. The molecule has 0 spiro atoms. The van der Waals surface area contributed by atoms with Crippen molar-refractivity contribution >= 4 is 66.7 Å². The van der Waals surface area contributed by atoms with Crippen LogP contribution in [-0.4, -0.2) is 4.57 Å². The number of anilines is 6. The van der Waals surface area contributed by atoms with Crippen LogP contribution in [-0.2, 0) is 5.41 Å². The summed E-state index contributed by atoms with van der Waals surface area (Å²) < 4.78 is 2.46. The highest BCUT2D eigenvalue weighted by Gasteiger charge is 2.39. The van der Waals surface area contributed by atoms with Crippen molar-refractivity contribution in [1.29, 1.82) is 0 Å². The Morgan fingerprint density at radius 3 is 1.12 bits per heavy atom. The lowest BCUT2D eigenvalue weighted by atomic mass is 9.81. The molecule has 17 aromatic carbocycles. The van der Waals surface area contributed by atoms with Crippen LogP contribution in [0.4, 0.5) is 34.1 Å². The maximum atomic E-state index is 2.54. The molecule has 2 aliphatic rings. The average molecular weight is 1360 g/mol. The number of hydrogen-bond acceptors (Lipinski definition) is 2. The monoisotopic (exact) mass is 1360 g/mol. The lowest BCUT2D eigenvalue weighted by Crippen LogP contribution is -2.18. The molecule has 0 unspecified atom stereocenters. The lowest BCUT2D eigenvalue weighted by molar-refractivity contribution is 0.661. The molecular weight excluding hydrogens is 1290 g/mol. The van der Waals surface area contributed by atoms with Gasteiger partial charge in [0.15, 0.2) is 0 Å². The van der Waals surface area contributed by atoms with Gasteiger partial charge >= 0.3 is 0 Å². The number of benzene rings is 17. The summed E-state index contributed by atoms with van der Waals surface area (Å²) >= 11 is 0. The second-order valence-corrected chi connectivity index (χ2v) is 29.1. The van der Waals surface area contributed by atoms with Crippen molar-refractivity contribution in [3.8, 4) is 94.7 Å². The Kier molecular flexibility index (Phi) is 15.3. The van der Waals surface area contributed by atoms with E-state index < -0.39 is 5.41 Å². The molecule has 0 bridgehead atoms. The second kappa shape index (κ2) is 26.0. The second-order valence-electron chi connectivity index (χ2n) is 29.1. The number of rotatable bonds is 14. The largest absolute Gasteiger partial charge is 0.310 e. The summed E-state index contributed by atoms with van der Waals surface area (Å²) in [6.07, 6.45) is 0. The van der Waals surface area contributed by atoms with E-state index in [9.17, 15) is 0 Å². The highest BCUT2D eigenvalue weighted by atomic mass is 15.2. The van der Waals surface area contributed by atoms with Gasteiger partial charge in [-0.2, -0.15) is 0 Å². The van der Waals surface area contributed by atoms with Crippen molar-refractivity contribution in [2.45, 2.75) is 25.2 Å². The molecule has 3 nitrogen and oxygen atoms in total. The molecule has 0 saturated carbocycles. The molecule has 1 aromatic heterocycles. The summed E-state index contributed by atoms with van der Waals surface area (Å²) in [5.41, 5.74) is 35.4. The van der Waals surface area contributed by atoms with Crippen molar-refractivity contribution in [3.05, 3.63) is 428 Å². The van der Waals surface area contributed by atoms with Crippen molar-refractivity contribution in [2.24, 2.45) is 0 Å². The topological polar surface area (TPSA) is 11.4 Å². The van der Waals surface area contributed by atoms with Gasteiger partial charge in [-0.25, -0.2) is 0 Å². The molecule has 0 atom stereocenters. The van der Waals surface area contributed by atoms with Crippen LogP contribution >= 0.6 is 0 Å². The van der Waals surface area contributed by atoms with Crippen LogP contribution < -0.4 is 9.80 Å². The summed E-state index contributed by atoms with van der Waals surface area (Å²) in [5.74, 6) is -0.00353. The molecule has 2 aliphatic carbocycles. The molecule has 0 radical (unpaired) electrons. The van der Waals surface area contributed by atoms with E-state index >= 15 is 0 Å². The third kappa shape index (κ3) is 11.0. The Labute approximate surface area is 625 Å². The Hall–Kier alpha value is -13.6. The summed E-state index contributed by atoms with van der Waals surface area (Å²) in [4.78, 5) is 5.00. The SMILES string of the molecule is CC1(C)c2cc(N(c3ccc(-c4ccccc4)cc3)c3cccc(-n4c5ccc(-c6ccccc6)cc5c5cc(-c6ccccc6)ccc54)c3)ccc2-c2c1cc(N(c1ccc(-c3ccccc3)cc1)c1cccc(C3c4ccc(-c5ccccc5)cc4-c4cc(-c5ccccc5)ccc43)c1)c1ccccc21. The van der Waals surface area contributed by atoms with Gasteiger partial charge in [0.05, 0.1) is 16.7 Å². The van der Waals surface area contributed by atoms with Gasteiger partial charge < -0.3 is 14.4 Å². The summed E-state index contributed by atoms with van der Waals surface area (Å²) in [6.45, 7) is 4.88. The highest BCUT2D eigenvalue weighted by Crippen LogP contribution is 2.57. The van der Waals surface area contributed by atoms with Gasteiger partial charge in [0.1, 0.15) is 0 Å². The molecule has 0 N–H and O–H groups in total. The minimum absolute atomic E-state index is 0.00353. The lowest BCUT2D eigenvalue weighted by Gasteiger charge is -2.31. The van der Waals surface area contributed by atoms with Gasteiger partial charge in [0.25, 0.3) is 0 Å². The fraction of sp³-hybridized carbons (Fsp3) is 0.0385. The van der Waals surface area contributed by atoms with E-state index in [0.29, 0.717) is 0 Å². The Bertz CT molecular complexity index is 6240. The smallest absolute Gasteiger partial charge is 0.0543 e. The Morgan fingerprint density at radius 2 is 0.626 bits per heavy atom. The first kappa shape index (κ1) is 63.1. The molecule has 1 heterocycles. The van der Waals surface area contributed by atoms with E-state index in [1.165, 1.54) is 138 Å². The number of fused-ring (bicyclic) bond motifs is 11. The number of nitrogens with zero attached hydrogens (tertiary/aromatic N) is 3. The molecule has 3 heteroatoms. The van der Waals surface area contributed by atoms with Crippen molar-refractivity contribution < 1.29 is 0 Å². The van der Waals surface area contributed by atoms with Gasteiger partial charge in [-0.15, -0.1) is 0 Å². The maximum absolute atomic E-state index is 2.54. The molecule has 0 amide bonds. The predicted octanol–water partition coefficient (Wildman–Crippen LogP) is 28.3. The van der Waals surface area contributed by atoms with Gasteiger partial charge in [-0.1, -0.05) is 305 Å². The van der Waals surface area contributed by atoms with Gasteiger partial charge in [0.2, 0.25) is 0 Å². The molecule has 0 fully saturated rings. The zero-order chi connectivity index (χ0) is 71.1. The normalized spacial score (nSPS) is 12.6. The van der Waals surface area contributed by atoms with Gasteiger partial charge in [-0.3, -0.25) is 0 Å².